The van der Waals surface area contributed by atoms with Crippen molar-refractivity contribution in [2.75, 3.05) is 26.0 Å². The molecule has 0 aliphatic rings. The summed E-state index contributed by atoms with van der Waals surface area (Å²) in [6.07, 6.45) is 0.233. The molecule has 2 aromatic rings. The Balaban J connectivity index is 1.82. The average Bonchev–Trinajstić information content (AvgIpc) is 2.60. The zero-order valence-electron chi connectivity index (χ0n) is 14.8. The van der Waals surface area contributed by atoms with Crippen LogP contribution in [0.5, 0.6) is 5.75 Å². The highest BCUT2D eigenvalue weighted by Gasteiger charge is 2.06. The van der Waals surface area contributed by atoms with Crippen molar-refractivity contribution < 1.29 is 18.7 Å². The Morgan fingerprint density at radius 1 is 1.12 bits per heavy atom. The molecule has 138 valence electrons. The van der Waals surface area contributed by atoms with Gasteiger partial charge in [0.25, 0.3) is 0 Å². The summed E-state index contributed by atoms with van der Waals surface area (Å²) in [5.74, 6) is 0.179. The number of halogens is 1. The highest BCUT2D eigenvalue weighted by Crippen LogP contribution is 2.18. The van der Waals surface area contributed by atoms with Crippen molar-refractivity contribution in [2.24, 2.45) is 0 Å². The molecule has 6 nitrogen and oxygen atoms in total. The van der Waals surface area contributed by atoms with E-state index in [0.29, 0.717) is 17.0 Å². The van der Waals surface area contributed by atoms with Crippen molar-refractivity contribution >= 4 is 17.6 Å². The van der Waals surface area contributed by atoms with Crippen LogP contribution in [0.4, 0.5) is 14.9 Å². The summed E-state index contributed by atoms with van der Waals surface area (Å²) in [6.45, 7) is 0.471. The topological polar surface area (TPSA) is 70.7 Å². The smallest absolute Gasteiger partial charge is 0.319 e. The van der Waals surface area contributed by atoms with Crippen LogP contribution in [-0.4, -0.2) is 37.5 Å². The maximum absolute atomic E-state index is 13.2. The fourth-order valence-electron chi connectivity index (χ4n) is 2.14. The van der Waals surface area contributed by atoms with Gasteiger partial charge in [-0.15, -0.1) is 0 Å². The number of carbonyl (C=O) groups is 2. The quantitative estimate of drug-likeness (QED) is 0.798. The summed E-state index contributed by atoms with van der Waals surface area (Å²) in [4.78, 5) is 24.8. The number of rotatable bonds is 7. The first-order valence-corrected chi connectivity index (χ1v) is 8.16. The lowest BCUT2D eigenvalue weighted by Crippen LogP contribution is -2.33. The Bertz CT molecular complexity index is 765. The zero-order valence-corrected chi connectivity index (χ0v) is 14.8. The first-order valence-electron chi connectivity index (χ1n) is 8.16. The third-order valence-corrected chi connectivity index (χ3v) is 3.51. The minimum Gasteiger partial charge on any atom is -0.489 e. The predicted molar refractivity (Wildman–Crippen MR) is 97.5 cm³/mol. The molecule has 26 heavy (non-hydrogen) atoms. The number of nitrogens with one attached hydrogen (secondary N) is 2. The van der Waals surface area contributed by atoms with Gasteiger partial charge in [-0.2, -0.15) is 0 Å². The number of amides is 3. The molecule has 0 unspecified atom stereocenters. The molecule has 0 radical (unpaired) electrons. The van der Waals surface area contributed by atoms with Crippen LogP contribution in [0.15, 0.2) is 48.5 Å². The molecular weight excluding hydrogens is 337 g/mol. The molecule has 2 rings (SSSR count). The molecule has 0 atom stereocenters. The normalized spacial score (nSPS) is 10.1. The number of hydrogen-bond acceptors (Lipinski definition) is 3. The van der Waals surface area contributed by atoms with E-state index in [1.807, 2.05) is 0 Å². The number of anilines is 1. The van der Waals surface area contributed by atoms with Gasteiger partial charge in [-0.25, -0.2) is 9.18 Å². The van der Waals surface area contributed by atoms with Gasteiger partial charge in [0.05, 0.1) is 0 Å². The molecule has 0 saturated carbocycles. The van der Waals surface area contributed by atoms with Crippen LogP contribution in [0.3, 0.4) is 0 Å². The van der Waals surface area contributed by atoms with Crippen LogP contribution in [0, 0.1) is 5.82 Å². The lowest BCUT2D eigenvalue weighted by molar-refractivity contribution is -0.128. The second kappa shape index (κ2) is 9.41. The minimum absolute atomic E-state index is 0.0574. The summed E-state index contributed by atoms with van der Waals surface area (Å²) in [5.41, 5.74) is 1.27. The number of urea groups is 1. The zero-order chi connectivity index (χ0) is 18.9. The Morgan fingerprint density at radius 3 is 2.62 bits per heavy atom. The third-order valence-electron chi connectivity index (χ3n) is 3.51. The highest BCUT2D eigenvalue weighted by molar-refractivity contribution is 5.89. The van der Waals surface area contributed by atoms with Crippen LogP contribution in [-0.2, 0) is 11.4 Å². The number of benzene rings is 2. The minimum atomic E-state index is -0.404. The second-order valence-electron chi connectivity index (χ2n) is 5.87. The first kappa shape index (κ1) is 19.2. The molecule has 0 saturated heterocycles. The van der Waals surface area contributed by atoms with E-state index < -0.39 is 6.03 Å². The number of nitrogens with zero attached hydrogens (tertiary/aromatic N) is 1. The van der Waals surface area contributed by atoms with Gasteiger partial charge in [0, 0.05) is 38.8 Å². The van der Waals surface area contributed by atoms with Crippen molar-refractivity contribution in [3.8, 4) is 5.75 Å². The van der Waals surface area contributed by atoms with E-state index in [9.17, 15) is 14.0 Å². The van der Waals surface area contributed by atoms with Crippen molar-refractivity contribution in [1.29, 1.82) is 0 Å². The molecule has 7 heteroatoms. The maximum Gasteiger partial charge on any atom is 0.319 e. The van der Waals surface area contributed by atoms with E-state index in [-0.39, 0.29) is 31.3 Å². The standard InChI is InChI=1S/C19H22FN3O3/c1-23(2)18(24)9-10-21-19(25)22-16-7-4-8-17(12-16)26-13-14-5-3-6-15(20)11-14/h3-8,11-12H,9-10,13H2,1-2H3,(H2,21,22,25). The fourth-order valence-corrected chi connectivity index (χ4v) is 2.14. The summed E-state index contributed by atoms with van der Waals surface area (Å²) >= 11 is 0. The Morgan fingerprint density at radius 2 is 1.88 bits per heavy atom. The van der Waals surface area contributed by atoms with Crippen LogP contribution in [0.25, 0.3) is 0 Å². The van der Waals surface area contributed by atoms with Gasteiger partial charge in [-0.1, -0.05) is 18.2 Å². The molecule has 0 fully saturated rings. The monoisotopic (exact) mass is 359 g/mol. The van der Waals surface area contributed by atoms with Gasteiger partial charge in [-0.3, -0.25) is 4.79 Å². The first-order chi connectivity index (χ1) is 12.4. The molecular formula is C19H22FN3O3. The van der Waals surface area contributed by atoms with E-state index >= 15 is 0 Å². The van der Waals surface area contributed by atoms with E-state index in [0.717, 1.165) is 0 Å². The van der Waals surface area contributed by atoms with E-state index in [1.54, 1.807) is 50.5 Å². The molecule has 2 aromatic carbocycles. The lowest BCUT2D eigenvalue weighted by Gasteiger charge is -2.12. The number of carbonyl (C=O) groups excluding carboxylic acids is 2. The molecule has 2 N–H and O–H groups in total. The Labute approximate surface area is 152 Å². The SMILES string of the molecule is CN(C)C(=O)CCNC(=O)Nc1cccc(OCc2cccc(F)c2)c1. The summed E-state index contributed by atoms with van der Waals surface area (Å²) < 4.78 is 18.8. The predicted octanol–water partition coefficient (Wildman–Crippen LogP) is 3.00. The van der Waals surface area contributed by atoms with Gasteiger partial charge < -0.3 is 20.3 Å². The van der Waals surface area contributed by atoms with Crippen LogP contribution in [0.2, 0.25) is 0 Å². The molecule has 0 aliphatic heterocycles. The van der Waals surface area contributed by atoms with Crippen molar-refractivity contribution in [1.82, 2.24) is 10.2 Å². The van der Waals surface area contributed by atoms with E-state index in [2.05, 4.69) is 10.6 Å². The number of hydrogen-bond donors (Lipinski definition) is 2. The summed E-state index contributed by atoms with van der Waals surface area (Å²) in [7, 11) is 3.33. The molecule has 0 heterocycles. The molecule has 0 spiro atoms. The Kier molecular flexibility index (Phi) is 6.96. The maximum atomic E-state index is 13.2. The van der Waals surface area contributed by atoms with Gasteiger partial charge >= 0.3 is 6.03 Å². The van der Waals surface area contributed by atoms with E-state index in [1.165, 1.54) is 17.0 Å². The van der Waals surface area contributed by atoms with Gasteiger partial charge in [0.2, 0.25) is 5.91 Å². The molecule has 0 bridgehead atoms. The third kappa shape index (κ3) is 6.43. The van der Waals surface area contributed by atoms with Crippen LogP contribution in [0.1, 0.15) is 12.0 Å². The van der Waals surface area contributed by atoms with Crippen LogP contribution >= 0.6 is 0 Å². The van der Waals surface area contributed by atoms with Crippen molar-refractivity contribution in [3.63, 3.8) is 0 Å². The highest BCUT2D eigenvalue weighted by atomic mass is 19.1. The van der Waals surface area contributed by atoms with Crippen molar-refractivity contribution in [3.05, 3.63) is 59.9 Å². The Hall–Kier alpha value is -3.09. The second-order valence-corrected chi connectivity index (χ2v) is 5.87. The largest absolute Gasteiger partial charge is 0.489 e. The van der Waals surface area contributed by atoms with Crippen molar-refractivity contribution in [2.45, 2.75) is 13.0 Å². The molecule has 0 aromatic heterocycles. The summed E-state index contributed by atoms with van der Waals surface area (Å²) in [6, 6.07) is 12.7. The van der Waals surface area contributed by atoms with Crippen LogP contribution < -0.4 is 15.4 Å². The fraction of sp³-hybridized carbons (Fsp3) is 0.263. The molecule has 0 aliphatic carbocycles. The van der Waals surface area contributed by atoms with E-state index in [4.69, 9.17) is 4.74 Å². The average molecular weight is 359 g/mol. The van der Waals surface area contributed by atoms with Gasteiger partial charge in [0.1, 0.15) is 18.2 Å². The number of ether oxygens (including phenoxy) is 1. The summed E-state index contributed by atoms with van der Waals surface area (Å²) in [5, 5.41) is 5.30. The molecule has 3 amide bonds. The lowest BCUT2D eigenvalue weighted by atomic mass is 10.2. The van der Waals surface area contributed by atoms with Gasteiger partial charge in [-0.05, 0) is 29.8 Å². The van der Waals surface area contributed by atoms with Gasteiger partial charge in [0.15, 0.2) is 0 Å².